The van der Waals surface area contributed by atoms with Crippen LogP contribution in [-0.2, 0) is 16.6 Å². The van der Waals surface area contributed by atoms with Crippen LogP contribution in [0.2, 0.25) is 0 Å². The molecule has 0 aliphatic heterocycles. The summed E-state index contributed by atoms with van der Waals surface area (Å²) in [6.45, 7) is 2.02. The molecule has 1 atom stereocenters. The van der Waals surface area contributed by atoms with Gasteiger partial charge in [0, 0.05) is 26.5 Å². The fourth-order valence-corrected chi connectivity index (χ4v) is 7.05. The number of hydrogen-bond acceptors (Lipinski definition) is 2. The van der Waals surface area contributed by atoms with Gasteiger partial charge in [-0.3, -0.25) is 4.79 Å². The molecule has 0 aromatic heterocycles. The number of halogens is 2. The van der Waals surface area contributed by atoms with E-state index >= 15 is 0 Å². The minimum absolute atomic E-state index is 0.0172. The summed E-state index contributed by atoms with van der Waals surface area (Å²) in [4.78, 5) is 17.1. The first-order valence-electron chi connectivity index (χ1n) is 12.2. The molecule has 0 aliphatic rings. The highest BCUT2D eigenvalue weighted by Gasteiger charge is 2.26. The summed E-state index contributed by atoms with van der Waals surface area (Å²) in [5.74, 6) is 0.194. The van der Waals surface area contributed by atoms with Crippen molar-refractivity contribution < 1.29 is 13.6 Å². The highest BCUT2D eigenvalue weighted by Crippen LogP contribution is 2.34. The van der Waals surface area contributed by atoms with Crippen LogP contribution in [0.4, 0.5) is 8.78 Å². The fraction of sp³-hybridized carbons (Fsp3) is 0.0606. The number of carbonyl (C=O) groups is 1. The predicted molar refractivity (Wildman–Crippen MR) is 152 cm³/mol. The molecule has 5 aromatic rings. The average Bonchev–Trinajstić information content (AvgIpc) is 2.95. The lowest BCUT2D eigenvalue weighted by Crippen LogP contribution is -2.07. The molecular weight excluding hydrogens is 514 g/mol. The van der Waals surface area contributed by atoms with E-state index in [1.54, 1.807) is 23.9 Å². The van der Waals surface area contributed by atoms with E-state index in [2.05, 4.69) is 24.3 Å². The summed E-state index contributed by atoms with van der Waals surface area (Å²) in [5, 5.41) is 0. The minimum atomic E-state index is -0.339. The van der Waals surface area contributed by atoms with E-state index in [1.165, 1.54) is 24.3 Å². The number of hydrogen-bond donors (Lipinski definition) is 0. The zero-order chi connectivity index (χ0) is 26.5. The van der Waals surface area contributed by atoms with Crippen molar-refractivity contribution in [1.29, 1.82) is 0 Å². The van der Waals surface area contributed by atoms with Crippen LogP contribution in [0.1, 0.15) is 27.0 Å². The quantitative estimate of drug-likeness (QED) is 0.145. The maximum Gasteiger partial charge on any atom is 0.193 e. The molecule has 5 rings (SSSR count). The van der Waals surface area contributed by atoms with Crippen LogP contribution in [-0.4, -0.2) is 5.78 Å². The van der Waals surface area contributed by atoms with Crippen molar-refractivity contribution in [1.82, 2.24) is 0 Å². The van der Waals surface area contributed by atoms with Crippen LogP contribution in [0.25, 0.3) is 0 Å². The van der Waals surface area contributed by atoms with Crippen molar-refractivity contribution in [3.8, 4) is 0 Å². The summed E-state index contributed by atoms with van der Waals surface area (Å²) >= 11 is 1.65. The van der Waals surface area contributed by atoms with Crippen molar-refractivity contribution in [3.05, 3.63) is 155 Å². The second-order valence-corrected chi connectivity index (χ2v) is 12.0. The topological polar surface area (TPSA) is 17.1 Å². The van der Waals surface area contributed by atoms with Crippen LogP contribution in [0.15, 0.2) is 141 Å². The third kappa shape index (κ3) is 6.24. The van der Waals surface area contributed by atoms with Crippen molar-refractivity contribution >= 4 is 28.4 Å². The van der Waals surface area contributed by atoms with Gasteiger partial charge in [0.2, 0.25) is 0 Å². The second-order valence-electron chi connectivity index (χ2n) is 8.86. The van der Waals surface area contributed by atoms with Crippen molar-refractivity contribution in [2.45, 2.75) is 32.3 Å². The SMILES string of the molecule is Cc1cc(C(=O)c2ccccc2)ccc1Sc1ccc([S+](Cc2ccc(F)cc2)c2ccc(F)cc2)cc1. The van der Waals surface area contributed by atoms with Crippen LogP contribution in [0.3, 0.4) is 0 Å². The molecule has 0 heterocycles. The highest BCUT2D eigenvalue weighted by molar-refractivity contribution is 7.99. The third-order valence-corrected chi connectivity index (χ3v) is 9.62. The first kappa shape index (κ1) is 26.0. The summed E-state index contributed by atoms with van der Waals surface area (Å²) in [7, 11) is -0.339. The van der Waals surface area contributed by atoms with Crippen molar-refractivity contribution in [2.24, 2.45) is 0 Å². The van der Waals surface area contributed by atoms with E-state index in [-0.39, 0.29) is 28.3 Å². The molecule has 0 fully saturated rings. The first-order chi connectivity index (χ1) is 18.5. The van der Waals surface area contributed by atoms with Gasteiger partial charge in [0.15, 0.2) is 15.6 Å². The van der Waals surface area contributed by atoms with E-state index in [9.17, 15) is 13.6 Å². The lowest BCUT2D eigenvalue weighted by molar-refractivity contribution is 0.103. The van der Waals surface area contributed by atoms with Gasteiger partial charge in [-0.25, -0.2) is 8.78 Å². The maximum absolute atomic E-state index is 13.6. The molecule has 5 aromatic carbocycles. The van der Waals surface area contributed by atoms with Gasteiger partial charge in [0.25, 0.3) is 0 Å². The summed E-state index contributed by atoms with van der Waals surface area (Å²) in [6, 6.07) is 36.7. The standard InChI is InChI=1S/C33H25F2OS2/c1-23-21-26(33(36)25-5-3-2-4-6-25)9-20-32(23)37-29-14-18-31(19-15-29)38(30-16-12-28(35)13-17-30)22-24-7-10-27(34)11-8-24/h2-21H,22H2,1H3/q+1. The Morgan fingerprint density at radius 2 is 1.26 bits per heavy atom. The highest BCUT2D eigenvalue weighted by atomic mass is 32.2. The molecule has 0 radical (unpaired) electrons. The number of ketones is 1. The van der Waals surface area contributed by atoms with Gasteiger partial charge in [0.05, 0.1) is 10.9 Å². The van der Waals surface area contributed by atoms with E-state index in [0.29, 0.717) is 16.9 Å². The summed E-state index contributed by atoms with van der Waals surface area (Å²) in [6.07, 6.45) is 0. The van der Waals surface area contributed by atoms with Gasteiger partial charge in [0.1, 0.15) is 17.4 Å². The zero-order valence-electron chi connectivity index (χ0n) is 20.7. The average molecular weight is 540 g/mol. The number of rotatable bonds is 8. The Morgan fingerprint density at radius 3 is 1.87 bits per heavy atom. The van der Waals surface area contributed by atoms with Gasteiger partial charge in [-0.15, -0.1) is 0 Å². The first-order valence-corrected chi connectivity index (χ1v) is 14.4. The molecular formula is C33H25F2OS2+. The van der Waals surface area contributed by atoms with E-state index in [4.69, 9.17) is 0 Å². The van der Waals surface area contributed by atoms with Crippen molar-refractivity contribution in [2.75, 3.05) is 0 Å². The van der Waals surface area contributed by atoms with Crippen LogP contribution >= 0.6 is 11.8 Å². The summed E-state index contributed by atoms with van der Waals surface area (Å²) < 4.78 is 27.1. The summed E-state index contributed by atoms with van der Waals surface area (Å²) in [5.41, 5.74) is 3.43. The van der Waals surface area contributed by atoms with E-state index in [1.807, 2.05) is 67.6 Å². The lowest BCUT2D eigenvalue weighted by Gasteiger charge is -2.11. The van der Waals surface area contributed by atoms with Gasteiger partial charge in [-0.1, -0.05) is 54.2 Å². The van der Waals surface area contributed by atoms with Gasteiger partial charge >= 0.3 is 0 Å². The molecule has 38 heavy (non-hydrogen) atoms. The van der Waals surface area contributed by atoms with E-state index < -0.39 is 0 Å². The number of carbonyl (C=O) groups excluding carboxylic acids is 1. The monoisotopic (exact) mass is 539 g/mol. The molecule has 0 spiro atoms. The Labute approximate surface area is 228 Å². The fourth-order valence-electron chi connectivity index (χ4n) is 4.11. The van der Waals surface area contributed by atoms with Gasteiger partial charge in [-0.2, -0.15) is 0 Å². The maximum atomic E-state index is 13.6. The molecule has 0 bridgehead atoms. The van der Waals surface area contributed by atoms with E-state index in [0.717, 1.165) is 30.7 Å². The van der Waals surface area contributed by atoms with Crippen LogP contribution < -0.4 is 0 Å². The predicted octanol–water partition coefficient (Wildman–Crippen LogP) is 8.89. The van der Waals surface area contributed by atoms with Gasteiger partial charge < -0.3 is 0 Å². The third-order valence-electron chi connectivity index (χ3n) is 6.13. The Hall–Kier alpha value is -3.67. The van der Waals surface area contributed by atoms with Crippen molar-refractivity contribution in [3.63, 3.8) is 0 Å². The van der Waals surface area contributed by atoms with Gasteiger partial charge in [-0.05, 0) is 91.3 Å². The lowest BCUT2D eigenvalue weighted by atomic mass is 10.0. The molecule has 1 unspecified atom stereocenters. The Morgan fingerprint density at radius 1 is 0.684 bits per heavy atom. The largest absolute Gasteiger partial charge is 0.289 e. The number of aryl methyl sites for hydroxylation is 1. The molecule has 188 valence electrons. The smallest absolute Gasteiger partial charge is 0.193 e. The molecule has 0 aliphatic carbocycles. The minimum Gasteiger partial charge on any atom is -0.289 e. The molecule has 0 saturated heterocycles. The van der Waals surface area contributed by atoms with Crippen LogP contribution in [0.5, 0.6) is 0 Å². The normalized spacial score (nSPS) is 11.8. The molecule has 1 nitrogen and oxygen atoms in total. The Bertz CT molecular complexity index is 1530. The zero-order valence-corrected chi connectivity index (χ0v) is 22.4. The molecule has 5 heteroatoms. The molecule has 0 saturated carbocycles. The Kier molecular flexibility index (Phi) is 8.06. The molecule has 0 N–H and O–H groups in total. The number of benzene rings is 5. The Balaban J connectivity index is 1.36. The second kappa shape index (κ2) is 11.8. The van der Waals surface area contributed by atoms with Crippen LogP contribution in [0, 0.1) is 18.6 Å². The molecule has 0 amide bonds.